The first kappa shape index (κ1) is 14.5. The zero-order valence-electron chi connectivity index (χ0n) is 11.5. The summed E-state index contributed by atoms with van der Waals surface area (Å²) in [5.41, 5.74) is 0. The Morgan fingerprint density at radius 1 is 1.05 bits per heavy atom. The Morgan fingerprint density at radius 2 is 1.60 bits per heavy atom. The van der Waals surface area contributed by atoms with E-state index in [1.165, 1.54) is 0 Å². The van der Waals surface area contributed by atoms with E-state index in [4.69, 9.17) is 0 Å². The molecule has 0 saturated carbocycles. The molecule has 2 bridgehead atoms. The molecule has 2 heterocycles. The standard InChI is InChI=1S/C14H19BrN2O2S/c1-16-7-11-6-12(8-16)10-17(9-11)20(18,19)14-4-2-13(15)3-5-14/h2-5,11-12H,6-10H2,1H3. The smallest absolute Gasteiger partial charge is 0.243 e. The van der Waals surface area contributed by atoms with Gasteiger partial charge in [-0.1, -0.05) is 15.9 Å². The molecule has 2 fully saturated rings. The Bertz CT molecular complexity index is 570. The summed E-state index contributed by atoms with van der Waals surface area (Å²) in [7, 11) is -1.22. The number of hydrogen-bond donors (Lipinski definition) is 0. The van der Waals surface area contributed by atoms with Gasteiger partial charge in [0.2, 0.25) is 10.0 Å². The summed E-state index contributed by atoms with van der Waals surface area (Å²) in [5.74, 6) is 0.940. The van der Waals surface area contributed by atoms with Crippen LogP contribution in [0.15, 0.2) is 33.6 Å². The van der Waals surface area contributed by atoms with Crippen LogP contribution in [0.3, 0.4) is 0 Å². The molecule has 2 aliphatic heterocycles. The highest BCUT2D eigenvalue weighted by Gasteiger charge is 2.38. The minimum Gasteiger partial charge on any atom is -0.306 e. The summed E-state index contributed by atoms with van der Waals surface area (Å²) in [4.78, 5) is 2.72. The fourth-order valence-corrected chi connectivity index (χ4v) is 5.30. The number of benzene rings is 1. The van der Waals surface area contributed by atoms with E-state index < -0.39 is 10.0 Å². The first-order valence-corrected chi connectivity index (χ1v) is 9.13. The van der Waals surface area contributed by atoms with Gasteiger partial charge in [0.25, 0.3) is 0 Å². The minimum atomic E-state index is -3.34. The van der Waals surface area contributed by atoms with E-state index in [1.54, 1.807) is 28.6 Å². The molecular weight excluding hydrogens is 340 g/mol. The van der Waals surface area contributed by atoms with Crippen molar-refractivity contribution in [3.05, 3.63) is 28.7 Å². The third-order valence-electron chi connectivity index (χ3n) is 4.18. The van der Waals surface area contributed by atoms with Crippen molar-refractivity contribution < 1.29 is 8.42 Å². The van der Waals surface area contributed by atoms with Gasteiger partial charge in [-0.3, -0.25) is 0 Å². The van der Waals surface area contributed by atoms with Gasteiger partial charge in [0.05, 0.1) is 4.90 Å². The van der Waals surface area contributed by atoms with Crippen molar-refractivity contribution in [1.82, 2.24) is 9.21 Å². The summed E-state index contributed by atoms with van der Waals surface area (Å²) in [6, 6.07) is 6.92. The molecule has 110 valence electrons. The predicted molar refractivity (Wildman–Crippen MR) is 82.0 cm³/mol. The zero-order valence-corrected chi connectivity index (χ0v) is 13.9. The molecule has 0 aliphatic carbocycles. The van der Waals surface area contributed by atoms with Crippen LogP contribution in [0.2, 0.25) is 0 Å². The van der Waals surface area contributed by atoms with Gasteiger partial charge >= 0.3 is 0 Å². The molecular formula is C14H19BrN2O2S. The first-order valence-electron chi connectivity index (χ1n) is 6.89. The van der Waals surface area contributed by atoms with Crippen molar-refractivity contribution >= 4 is 26.0 Å². The van der Waals surface area contributed by atoms with Crippen LogP contribution in [0.1, 0.15) is 6.42 Å². The van der Waals surface area contributed by atoms with E-state index >= 15 is 0 Å². The number of likely N-dealkylation sites (tertiary alicyclic amines) is 1. The van der Waals surface area contributed by atoms with Crippen LogP contribution in [-0.2, 0) is 10.0 Å². The maximum absolute atomic E-state index is 12.7. The molecule has 0 amide bonds. The molecule has 2 unspecified atom stereocenters. The van der Waals surface area contributed by atoms with Gasteiger partial charge in [0, 0.05) is 30.7 Å². The monoisotopic (exact) mass is 358 g/mol. The van der Waals surface area contributed by atoms with Crippen molar-refractivity contribution in [3.63, 3.8) is 0 Å². The van der Waals surface area contributed by atoms with E-state index in [0.29, 0.717) is 29.8 Å². The van der Waals surface area contributed by atoms with Crippen LogP contribution in [0.25, 0.3) is 0 Å². The van der Waals surface area contributed by atoms with Crippen molar-refractivity contribution in [2.45, 2.75) is 11.3 Å². The summed E-state index contributed by atoms with van der Waals surface area (Å²) < 4.78 is 28.0. The molecule has 0 N–H and O–H groups in total. The van der Waals surface area contributed by atoms with E-state index in [-0.39, 0.29) is 0 Å². The number of sulfonamides is 1. The van der Waals surface area contributed by atoms with Crippen LogP contribution in [0.5, 0.6) is 0 Å². The molecule has 1 aromatic rings. The largest absolute Gasteiger partial charge is 0.306 e. The highest BCUT2D eigenvalue weighted by molar-refractivity contribution is 9.10. The quantitative estimate of drug-likeness (QED) is 0.811. The topological polar surface area (TPSA) is 40.6 Å². The number of halogens is 1. The average Bonchev–Trinajstić information content (AvgIpc) is 2.37. The van der Waals surface area contributed by atoms with Gasteiger partial charge in [-0.2, -0.15) is 4.31 Å². The summed E-state index contributed by atoms with van der Waals surface area (Å²) in [6.45, 7) is 3.31. The van der Waals surface area contributed by atoms with Crippen molar-refractivity contribution in [1.29, 1.82) is 0 Å². The normalized spacial score (nSPS) is 28.5. The third-order valence-corrected chi connectivity index (χ3v) is 6.56. The van der Waals surface area contributed by atoms with Gasteiger partial charge in [-0.05, 0) is 49.6 Å². The van der Waals surface area contributed by atoms with Gasteiger partial charge < -0.3 is 4.90 Å². The Labute approximate surface area is 128 Å². The van der Waals surface area contributed by atoms with E-state index in [1.807, 2.05) is 0 Å². The van der Waals surface area contributed by atoms with Crippen molar-refractivity contribution in [3.8, 4) is 0 Å². The van der Waals surface area contributed by atoms with Crippen LogP contribution in [0.4, 0.5) is 0 Å². The molecule has 2 saturated heterocycles. The average molecular weight is 359 g/mol. The summed E-state index contributed by atoms with van der Waals surface area (Å²) >= 11 is 3.34. The number of rotatable bonds is 2. The van der Waals surface area contributed by atoms with Crippen molar-refractivity contribution in [2.24, 2.45) is 11.8 Å². The summed E-state index contributed by atoms with van der Waals surface area (Å²) in [6.07, 6.45) is 1.16. The lowest BCUT2D eigenvalue weighted by atomic mass is 9.86. The molecule has 20 heavy (non-hydrogen) atoms. The lowest BCUT2D eigenvalue weighted by Crippen LogP contribution is -2.53. The molecule has 0 spiro atoms. The molecule has 0 aromatic heterocycles. The van der Waals surface area contributed by atoms with Gasteiger partial charge in [0.15, 0.2) is 0 Å². The SMILES string of the molecule is CN1CC2CC(C1)CN(S(=O)(=O)c1ccc(Br)cc1)C2. The Balaban J connectivity index is 1.83. The van der Waals surface area contributed by atoms with Gasteiger partial charge in [-0.15, -0.1) is 0 Å². The van der Waals surface area contributed by atoms with Crippen LogP contribution >= 0.6 is 15.9 Å². The number of piperidine rings is 2. The van der Waals surface area contributed by atoms with Crippen LogP contribution in [0, 0.1) is 11.8 Å². The van der Waals surface area contributed by atoms with Gasteiger partial charge in [-0.25, -0.2) is 8.42 Å². The Morgan fingerprint density at radius 3 is 2.15 bits per heavy atom. The van der Waals surface area contributed by atoms with E-state index in [9.17, 15) is 8.42 Å². The highest BCUT2D eigenvalue weighted by atomic mass is 79.9. The highest BCUT2D eigenvalue weighted by Crippen LogP contribution is 2.31. The zero-order chi connectivity index (χ0) is 14.3. The maximum atomic E-state index is 12.7. The second-order valence-corrected chi connectivity index (χ2v) is 8.82. The minimum absolute atomic E-state index is 0.397. The lowest BCUT2D eigenvalue weighted by Gasteiger charge is -2.44. The molecule has 6 heteroatoms. The fourth-order valence-electron chi connectivity index (χ4n) is 3.44. The molecule has 3 rings (SSSR count). The van der Waals surface area contributed by atoms with Crippen LogP contribution < -0.4 is 0 Å². The Kier molecular flexibility index (Phi) is 3.92. The fraction of sp³-hybridized carbons (Fsp3) is 0.571. The second kappa shape index (κ2) is 5.40. The molecule has 4 nitrogen and oxygen atoms in total. The molecule has 1 aromatic carbocycles. The summed E-state index contributed by atoms with van der Waals surface area (Å²) in [5, 5.41) is 0. The molecule has 0 radical (unpaired) electrons. The lowest BCUT2D eigenvalue weighted by molar-refractivity contribution is 0.0814. The number of fused-ring (bicyclic) bond motifs is 2. The maximum Gasteiger partial charge on any atom is 0.243 e. The van der Waals surface area contributed by atoms with Gasteiger partial charge in [0.1, 0.15) is 0 Å². The number of nitrogens with zero attached hydrogens (tertiary/aromatic N) is 2. The second-order valence-electron chi connectivity index (χ2n) is 5.96. The van der Waals surface area contributed by atoms with Crippen LogP contribution in [-0.4, -0.2) is 50.8 Å². The van der Waals surface area contributed by atoms with Crippen molar-refractivity contribution in [2.75, 3.05) is 33.2 Å². The number of hydrogen-bond acceptors (Lipinski definition) is 3. The molecule has 2 atom stereocenters. The first-order chi connectivity index (χ1) is 9.45. The predicted octanol–water partition coefficient (Wildman–Crippen LogP) is 2.02. The molecule has 2 aliphatic rings. The van der Waals surface area contributed by atoms with E-state index in [0.717, 1.165) is 24.0 Å². The Hall–Kier alpha value is -0.430. The van der Waals surface area contributed by atoms with E-state index in [2.05, 4.69) is 27.9 Å². The third kappa shape index (κ3) is 2.79.